The summed E-state index contributed by atoms with van der Waals surface area (Å²) < 4.78 is 0. The minimum Gasteiger partial charge on any atom is -0.364 e. The number of carbonyl (C=O) groups excluding carboxylic acids is 1. The lowest BCUT2D eigenvalue weighted by Gasteiger charge is -2.11. The normalized spacial score (nSPS) is 11.3. The van der Waals surface area contributed by atoms with Crippen molar-refractivity contribution in [3.8, 4) is 0 Å². The van der Waals surface area contributed by atoms with E-state index in [0.717, 1.165) is 21.5 Å². The van der Waals surface area contributed by atoms with Gasteiger partial charge in [0.15, 0.2) is 6.29 Å². The van der Waals surface area contributed by atoms with E-state index in [4.69, 9.17) is 0 Å². The molecule has 0 aliphatic carbocycles. The quantitative estimate of drug-likeness (QED) is 0.419. The zero-order chi connectivity index (χ0) is 13.4. The highest BCUT2D eigenvalue weighted by molar-refractivity contribution is 6.09. The Kier molecular flexibility index (Phi) is 2.78. The van der Waals surface area contributed by atoms with E-state index in [1.54, 1.807) is 6.07 Å². The molecule has 0 amide bonds. The Balaban J connectivity index is 2.51. The number of aldehydes is 1. The summed E-state index contributed by atoms with van der Waals surface area (Å²) in [4.78, 5) is 11.0. The van der Waals surface area contributed by atoms with Crippen molar-refractivity contribution in [2.24, 2.45) is 0 Å². The third kappa shape index (κ3) is 1.89. The van der Waals surface area contributed by atoms with Crippen LogP contribution in [0.1, 0.15) is 22.2 Å². The molecule has 2 N–H and O–H groups in total. The van der Waals surface area contributed by atoms with Crippen molar-refractivity contribution in [2.75, 3.05) is 0 Å². The van der Waals surface area contributed by atoms with Gasteiger partial charge >= 0.3 is 0 Å². The van der Waals surface area contributed by atoms with E-state index < -0.39 is 6.29 Å². The van der Waals surface area contributed by atoms with Gasteiger partial charge in [-0.1, -0.05) is 36.4 Å². The van der Waals surface area contributed by atoms with Crippen molar-refractivity contribution in [1.82, 2.24) is 0 Å². The highest BCUT2D eigenvalue weighted by Crippen LogP contribution is 2.30. The largest absolute Gasteiger partial charge is 0.364 e. The molecule has 19 heavy (non-hydrogen) atoms. The molecule has 0 unspecified atom stereocenters. The van der Waals surface area contributed by atoms with E-state index in [2.05, 4.69) is 0 Å². The van der Waals surface area contributed by atoms with Crippen molar-refractivity contribution in [2.45, 2.75) is 6.29 Å². The third-order valence-electron chi connectivity index (χ3n) is 3.33. The molecular formula is C16H12O3. The number of hydrogen-bond acceptors (Lipinski definition) is 3. The van der Waals surface area contributed by atoms with E-state index in [1.165, 1.54) is 6.07 Å². The molecule has 94 valence electrons. The Morgan fingerprint density at radius 1 is 0.895 bits per heavy atom. The molecule has 0 saturated heterocycles. The summed E-state index contributed by atoms with van der Waals surface area (Å²) in [5.41, 5.74) is 0.789. The van der Waals surface area contributed by atoms with Crippen LogP contribution in [-0.4, -0.2) is 16.5 Å². The number of hydrogen-bond donors (Lipinski definition) is 2. The van der Waals surface area contributed by atoms with Crippen LogP contribution in [0.2, 0.25) is 0 Å². The molecule has 3 rings (SSSR count). The van der Waals surface area contributed by atoms with Crippen LogP contribution >= 0.6 is 0 Å². The molecular weight excluding hydrogens is 240 g/mol. The predicted molar refractivity (Wildman–Crippen MR) is 74.0 cm³/mol. The molecule has 0 bridgehead atoms. The second kappa shape index (κ2) is 4.46. The third-order valence-corrected chi connectivity index (χ3v) is 3.33. The molecule has 0 heterocycles. The van der Waals surface area contributed by atoms with Gasteiger partial charge in [-0.2, -0.15) is 0 Å². The van der Waals surface area contributed by atoms with Crippen molar-refractivity contribution < 1.29 is 15.0 Å². The highest BCUT2D eigenvalue weighted by atomic mass is 16.5. The SMILES string of the molecule is O=Cc1cc(C(O)O)c2ccc3ccccc3c2c1. The first kappa shape index (κ1) is 11.8. The van der Waals surface area contributed by atoms with Gasteiger partial charge in [-0.05, 0) is 33.7 Å². The fourth-order valence-electron chi connectivity index (χ4n) is 2.45. The highest BCUT2D eigenvalue weighted by Gasteiger charge is 2.11. The zero-order valence-corrected chi connectivity index (χ0v) is 10.1. The number of aliphatic hydroxyl groups is 2. The van der Waals surface area contributed by atoms with Gasteiger partial charge in [0.1, 0.15) is 6.29 Å². The van der Waals surface area contributed by atoms with Crippen molar-refractivity contribution >= 4 is 27.8 Å². The van der Waals surface area contributed by atoms with Gasteiger partial charge in [0, 0.05) is 11.1 Å². The molecule has 3 aromatic carbocycles. The summed E-state index contributed by atoms with van der Waals surface area (Å²) in [6.45, 7) is 0. The molecule has 0 saturated carbocycles. The summed E-state index contributed by atoms with van der Waals surface area (Å²) in [5.74, 6) is 0. The molecule has 0 spiro atoms. The summed E-state index contributed by atoms with van der Waals surface area (Å²) in [7, 11) is 0. The first-order chi connectivity index (χ1) is 9.20. The first-order valence-corrected chi connectivity index (χ1v) is 5.97. The van der Waals surface area contributed by atoms with E-state index in [0.29, 0.717) is 17.4 Å². The van der Waals surface area contributed by atoms with Gasteiger partial charge in [0.2, 0.25) is 0 Å². The van der Waals surface area contributed by atoms with Gasteiger partial charge < -0.3 is 10.2 Å². The molecule has 0 aliphatic heterocycles. The molecule has 0 atom stereocenters. The van der Waals surface area contributed by atoms with Gasteiger partial charge in [0.05, 0.1) is 0 Å². The maximum atomic E-state index is 11.0. The van der Waals surface area contributed by atoms with E-state index in [-0.39, 0.29) is 0 Å². The number of aliphatic hydroxyl groups excluding tert-OH is 1. The lowest BCUT2D eigenvalue weighted by molar-refractivity contribution is -0.0413. The van der Waals surface area contributed by atoms with Crippen LogP contribution in [0, 0.1) is 0 Å². The van der Waals surface area contributed by atoms with Crippen LogP contribution in [0.25, 0.3) is 21.5 Å². The van der Waals surface area contributed by atoms with Crippen LogP contribution in [0.3, 0.4) is 0 Å². The lowest BCUT2D eigenvalue weighted by atomic mass is 9.96. The molecule has 0 radical (unpaired) electrons. The number of carbonyl (C=O) groups is 1. The monoisotopic (exact) mass is 252 g/mol. The van der Waals surface area contributed by atoms with Gasteiger partial charge in [-0.25, -0.2) is 0 Å². The zero-order valence-electron chi connectivity index (χ0n) is 10.1. The smallest absolute Gasteiger partial charge is 0.179 e. The number of benzene rings is 3. The Morgan fingerprint density at radius 3 is 2.42 bits per heavy atom. The van der Waals surface area contributed by atoms with E-state index >= 15 is 0 Å². The Bertz CT molecular complexity index is 775. The van der Waals surface area contributed by atoms with Crippen LogP contribution in [-0.2, 0) is 0 Å². The summed E-state index contributed by atoms with van der Waals surface area (Å²) in [6.07, 6.45) is -0.879. The van der Waals surface area contributed by atoms with Gasteiger partial charge in [0.25, 0.3) is 0 Å². The fraction of sp³-hybridized carbons (Fsp3) is 0.0625. The molecule has 0 fully saturated rings. The molecule has 3 nitrogen and oxygen atoms in total. The minimum atomic E-state index is -1.59. The van der Waals surface area contributed by atoms with Crippen molar-refractivity contribution in [3.05, 3.63) is 59.7 Å². The van der Waals surface area contributed by atoms with Crippen LogP contribution in [0.15, 0.2) is 48.5 Å². The number of fused-ring (bicyclic) bond motifs is 3. The predicted octanol–water partition coefficient (Wildman–Crippen LogP) is 2.79. The fourth-order valence-corrected chi connectivity index (χ4v) is 2.45. The Hall–Kier alpha value is -2.23. The maximum Gasteiger partial charge on any atom is 0.179 e. The molecule has 3 aromatic rings. The molecule has 3 heteroatoms. The molecule has 0 aliphatic rings. The minimum absolute atomic E-state index is 0.352. The average molecular weight is 252 g/mol. The van der Waals surface area contributed by atoms with Gasteiger partial charge in [-0.15, -0.1) is 0 Å². The van der Waals surface area contributed by atoms with Crippen LogP contribution < -0.4 is 0 Å². The first-order valence-electron chi connectivity index (χ1n) is 5.97. The van der Waals surface area contributed by atoms with Gasteiger partial charge in [-0.3, -0.25) is 4.79 Å². The topological polar surface area (TPSA) is 57.5 Å². The lowest BCUT2D eigenvalue weighted by Crippen LogP contribution is -1.98. The summed E-state index contributed by atoms with van der Waals surface area (Å²) >= 11 is 0. The molecule has 0 aromatic heterocycles. The van der Waals surface area contributed by atoms with Crippen LogP contribution in [0.4, 0.5) is 0 Å². The van der Waals surface area contributed by atoms with Crippen molar-refractivity contribution in [3.63, 3.8) is 0 Å². The average Bonchev–Trinajstić information content (AvgIpc) is 2.45. The van der Waals surface area contributed by atoms with Crippen LogP contribution in [0.5, 0.6) is 0 Å². The second-order valence-electron chi connectivity index (χ2n) is 4.48. The Morgan fingerprint density at radius 2 is 1.68 bits per heavy atom. The van der Waals surface area contributed by atoms with E-state index in [9.17, 15) is 15.0 Å². The maximum absolute atomic E-state index is 11.0. The van der Waals surface area contributed by atoms with E-state index in [1.807, 2.05) is 36.4 Å². The second-order valence-corrected chi connectivity index (χ2v) is 4.48. The summed E-state index contributed by atoms with van der Waals surface area (Å²) in [6, 6.07) is 14.9. The number of rotatable bonds is 2. The Labute approximate surface area is 109 Å². The van der Waals surface area contributed by atoms with Crippen molar-refractivity contribution in [1.29, 1.82) is 0 Å². The summed E-state index contributed by atoms with van der Waals surface area (Å²) in [5, 5.41) is 22.6. The standard InChI is InChI=1S/C16H12O3/c17-9-10-7-14-12-4-2-1-3-11(12)5-6-13(14)15(8-10)16(18)19/h1-9,16,18-19H.